The van der Waals surface area contributed by atoms with Crippen LogP contribution in [0, 0.1) is 13.8 Å². The van der Waals surface area contributed by atoms with E-state index in [0.29, 0.717) is 6.92 Å². The first-order valence-electron chi connectivity index (χ1n) is 7.12. The molecule has 0 aliphatic rings. The number of alkyl halides is 3. The molecule has 0 aliphatic heterocycles. The smallest absolute Gasteiger partial charge is 0.245 e. The summed E-state index contributed by atoms with van der Waals surface area (Å²) in [5, 5.41) is 0. The molecular weight excluding hydrogens is 341 g/mol. The molecule has 2 aromatic carbocycles. The van der Waals surface area contributed by atoms with Gasteiger partial charge in [0.15, 0.2) is 0 Å². The lowest BCUT2D eigenvalue weighted by atomic mass is 9.95. The Balaban J connectivity index is 2.50. The van der Waals surface area contributed by atoms with E-state index in [1.165, 1.54) is 48.5 Å². The van der Waals surface area contributed by atoms with E-state index in [-0.39, 0.29) is 10.5 Å². The fraction of sp³-hybridized carbons (Fsp3) is 0.294. The zero-order chi connectivity index (χ0) is 18.2. The lowest BCUT2D eigenvalue weighted by Gasteiger charge is -2.31. The zero-order valence-electron chi connectivity index (χ0n) is 13.4. The van der Waals surface area contributed by atoms with Crippen molar-refractivity contribution < 1.29 is 25.8 Å². The predicted molar refractivity (Wildman–Crippen MR) is 84.0 cm³/mol. The van der Waals surface area contributed by atoms with Crippen LogP contribution < -0.4 is 0 Å². The molecule has 3 nitrogen and oxygen atoms in total. The van der Waals surface area contributed by atoms with Crippen LogP contribution in [0.15, 0.2) is 53.4 Å². The second kappa shape index (κ2) is 6.22. The van der Waals surface area contributed by atoms with Crippen LogP contribution in [0.4, 0.5) is 13.2 Å². The average molecular weight is 358 g/mol. The minimum Gasteiger partial charge on any atom is -0.245 e. The van der Waals surface area contributed by atoms with Gasteiger partial charge in [-0.05, 0) is 38.5 Å². The Morgan fingerprint density at radius 2 is 1.25 bits per heavy atom. The Kier molecular flexibility index (Phi) is 4.79. The van der Waals surface area contributed by atoms with E-state index in [1.807, 2.05) is 0 Å². The molecule has 1 atom stereocenters. The van der Waals surface area contributed by atoms with Gasteiger partial charge >= 0.3 is 6.18 Å². The van der Waals surface area contributed by atoms with Crippen LogP contribution in [0.3, 0.4) is 0 Å². The lowest BCUT2D eigenvalue weighted by Crippen LogP contribution is -2.43. The van der Waals surface area contributed by atoms with Gasteiger partial charge in [0.05, 0.1) is 4.90 Å². The van der Waals surface area contributed by atoms with Crippen molar-refractivity contribution in [3.63, 3.8) is 0 Å². The highest BCUT2D eigenvalue weighted by Crippen LogP contribution is 2.44. The van der Waals surface area contributed by atoms with Crippen LogP contribution in [0.25, 0.3) is 0 Å². The summed E-state index contributed by atoms with van der Waals surface area (Å²) in [4.78, 5) is -0.323. The van der Waals surface area contributed by atoms with Crippen molar-refractivity contribution in [1.29, 1.82) is 0 Å². The van der Waals surface area contributed by atoms with Gasteiger partial charge in [0.25, 0.3) is 10.1 Å². The third kappa shape index (κ3) is 3.62. The first-order valence-corrected chi connectivity index (χ1v) is 8.53. The standard InChI is InChI=1S/C17H17F3O3S/c1-12-4-8-14(9-5-12)16(3,17(18,19)20)23-24(21,22)15-10-6-13(2)7-11-15/h4-11H,1-3H3. The molecular formula is C17H17F3O3S. The molecule has 2 aromatic rings. The lowest BCUT2D eigenvalue weighted by molar-refractivity contribution is -0.246. The van der Waals surface area contributed by atoms with Crippen molar-refractivity contribution in [3.05, 3.63) is 65.2 Å². The largest absolute Gasteiger partial charge is 0.422 e. The second-order valence-corrected chi connectivity index (χ2v) is 7.29. The first-order chi connectivity index (χ1) is 11.0. The summed E-state index contributed by atoms with van der Waals surface area (Å²) in [6.07, 6.45) is -4.92. The van der Waals surface area contributed by atoms with E-state index in [2.05, 4.69) is 4.18 Å². The monoisotopic (exact) mass is 358 g/mol. The number of aryl methyl sites for hydroxylation is 2. The number of rotatable bonds is 4. The normalized spacial score (nSPS) is 15.1. The van der Waals surface area contributed by atoms with E-state index >= 15 is 0 Å². The highest BCUT2D eigenvalue weighted by molar-refractivity contribution is 7.86. The summed E-state index contributed by atoms with van der Waals surface area (Å²) < 4.78 is 70.2. The molecule has 24 heavy (non-hydrogen) atoms. The Labute approximate surface area is 139 Å². The van der Waals surface area contributed by atoms with Crippen molar-refractivity contribution in [2.45, 2.75) is 37.4 Å². The summed E-state index contributed by atoms with van der Waals surface area (Å²) in [6, 6.07) is 10.8. The molecule has 0 aromatic heterocycles. The highest BCUT2D eigenvalue weighted by atomic mass is 32.2. The molecule has 2 rings (SSSR count). The van der Waals surface area contributed by atoms with Gasteiger partial charge in [-0.1, -0.05) is 47.5 Å². The summed E-state index contributed by atoms with van der Waals surface area (Å²) in [6.45, 7) is 4.17. The molecule has 0 bridgehead atoms. The van der Waals surface area contributed by atoms with Crippen LogP contribution in [-0.4, -0.2) is 14.6 Å². The number of halogens is 3. The maximum Gasteiger partial charge on any atom is 0.422 e. The third-order valence-corrected chi connectivity index (χ3v) is 5.13. The fourth-order valence-electron chi connectivity index (χ4n) is 2.10. The van der Waals surface area contributed by atoms with Gasteiger partial charge in [-0.15, -0.1) is 0 Å². The van der Waals surface area contributed by atoms with Crippen molar-refractivity contribution in [2.75, 3.05) is 0 Å². The molecule has 0 heterocycles. The summed E-state index contributed by atoms with van der Waals surface area (Å²) in [5.41, 5.74) is -1.73. The summed E-state index contributed by atoms with van der Waals surface area (Å²) in [7, 11) is -4.60. The maximum atomic E-state index is 13.6. The minimum absolute atomic E-state index is 0.281. The fourth-order valence-corrected chi connectivity index (χ4v) is 3.30. The van der Waals surface area contributed by atoms with Gasteiger partial charge in [0, 0.05) is 0 Å². The van der Waals surface area contributed by atoms with Crippen molar-refractivity contribution in [3.8, 4) is 0 Å². The second-order valence-electron chi connectivity index (χ2n) is 5.75. The van der Waals surface area contributed by atoms with Gasteiger partial charge in [-0.2, -0.15) is 21.6 Å². The predicted octanol–water partition coefficient (Wildman–Crippen LogP) is 4.49. The highest BCUT2D eigenvalue weighted by Gasteiger charge is 2.56. The number of hydrogen-bond donors (Lipinski definition) is 0. The molecule has 0 N–H and O–H groups in total. The summed E-state index contributed by atoms with van der Waals surface area (Å²) in [5.74, 6) is 0. The van der Waals surface area contributed by atoms with Crippen molar-refractivity contribution in [2.24, 2.45) is 0 Å². The zero-order valence-corrected chi connectivity index (χ0v) is 14.2. The first kappa shape index (κ1) is 18.5. The van der Waals surface area contributed by atoms with Crippen LogP contribution in [-0.2, 0) is 19.9 Å². The molecule has 0 saturated heterocycles. The Hall–Kier alpha value is -1.86. The molecule has 0 fully saturated rings. The molecule has 0 spiro atoms. The SMILES string of the molecule is Cc1ccc(C(C)(OS(=O)(=O)c2ccc(C)cc2)C(F)(F)F)cc1. The number of hydrogen-bond acceptors (Lipinski definition) is 3. The molecule has 0 amide bonds. The van der Waals surface area contributed by atoms with Gasteiger partial charge in [-0.25, -0.2) is 4.18 Å². The molecule has 0 aliphatic carbocycles. The minimum atomic E-state index is -4.92. The van der Waals surface area contributed by atoms with E-state index in [1.54, 1.807) is 13.8 Å². The van der Waals surface area contributed by atoms with Crippen molar-refractivity contribution >= 4 is 10.1 Å². The molecule has 0 saturated carbocycles. The van der Waals surface area contributed by atoms with E-state index in [4.69, 9.17) is 0 Å². The Morgan fingerprint density at radius 3 is 1.67 bits per heavy atom. The van der Waals surface area contributed by atoms with E-state index in [0.717, 1.165) is 11.1 Å². The number of benzene rings is 2. The molecule has 0 radical (unpaired) electrons. The van der Waals surface area contributed by atoms with Crippen LogP contribution >= 0.6 is 0 Å². The Bertz CT molecular complexity index is 810. The third-order valence-electron chi connectivity index (χ3n) is 3.73. The van der Waals surface area contributed by atoms with Crippen molar-refractivity contribution in [1.82, 2.24) is 0 Å². The molecule has 7 heteroatoms. The Morgan fingerprint density at radius 1 is 0.833 bits per heavy atom. The molecule has 1 unspecified atom stereocenters. The topological polar surface area (TPSA) is 43.4 Å². The van der Waals surface area contributed by atoms with Gasteiger partial charge in [-0.3, -0.25) is 0 Å². The average Bonchev–Trinajstić information content (AvgIpc) is 2.46. The van der Waals surface area contributed by atoms with E-state index < -0.39 is 21.9 Å². The quantitative estimate of drug-likeness (QED) is 0.757. The van der Waals surface area contributed by atoms with Gasteiger partial charge in [0.2, 0.25) is 5.60 Å². The van der Waals surface area contributed by atoms with Gasteiger partial charge in [0.1, 0.15) is 0 Å². The van der Waals surface area contributed by atoms with E-state index in [9.17, 15) is 21.6 Å². The van der Waals surface area contributed by atoms with Crippen LogP contribution in [0.2, 0.25) is 0 Å². The van der Waals surface area contributed by atoms with Crippen LogP contribution in [0.5, 0.6) is 0 Å². The van der Waals surface area contributed by atoms with Gasteiger partial charge < -0.3 is 0 Å². The maximum absolute atomic E-state index is 13.6. The summed E-state index contributed by atoms with van der Waals surface area (Å²) >= 11 is 0. The van der Waals surface area contributed by atoms with Crippen LogP contribution in [0.1, 0.15) is 23.6 Å². The molecule has 130 valence electrons.